The maximum Gasteiger partial charge on any atom is 0.151 e. The van der Waals surface area contributed by atoms with Crippen LogP contribution in [0.4, 0.5) is 0 Å². The van der Waals surface area contributed by atoms with E-state index in [1.54, 1.807) is 0 Å². The molecule has 4 heteroatoms. The SMILES string of the molecule is c1ccc2sc(SCC3CCCCN3)nc2c1. The topological polar surface area (TPSA) is 24.9 Å². The van der Waals surface area contributed by atoms with Gasteiger partial charge in [0.2, 0.25) is 0 Å². The van der Waals surface area contributed by atoms with Crippen LogP contribution >= 0.6 is 23.1 Å². The standard InChI is InChI=1S/C13H16N2S2/c1-2-7-12-11(6-1)15-13(17-12)16-9-10-5-3-4-8-14-10/h1-2,6-7,10,14H,3-5,8-9H2. The summed E-state index contributed by atoms with van der Waals surface area (Å²) in [5.74, 6) is 1.15. The number of piperidine rings is 1. The molecular formula is C13H16N2S2. The first-order valence-corrected chi connectivity index (χ1v) is 7.94. The van der Waals surface area contributed by atoms with Crippen molar-refractivity contribution in [1.82, 2.24) is 10.3 Å². The Morgan fingerprint density at radius 3 is 3.12 bits per heavy atom. The predicted octanol–water partition coefficient (Wildman–Crippen LogP) is 3.53. The molecule has 1 aromatic carbocycles. The second kappa shape index (κ2) is 5.38. The first-order chi connectivity index (χ1) is 8.42. The van der Waals surface area contributed by atoms with Gasteiger partial charge in [-0.2, -0.15) is 0 Å². The van der Waals surface area contributed by atoms with Gasteiger partial charge in [0.25, 0.3) is 0 Å². The highest BCUT2D eigenvalue weighted by atomic mass is 32.2. The Morgan fingerprint density at radius 2 is 2.29 bits per heavy atom. The van der Waals surface area contributed by atoms with Gasteiger partial charge in [-0.3, -0.25) is 0 Å². The molecule has 0 spiro atoms. The summed E-state index contributed by atoms with van der Waals surface area (Å²) in [5.41, 5.74) is 1.14. The van der Waals surface area contributed by atoms with E-state index < -0.39 is 0 Å². The Labute approximate surface area is 110 Å². The minimum atomic E-state index is 0.681. The Balaban J connectivity index is 1.64. The van der Waals surface area contributed by atoms with Gasteiger partial charge in [-0.25, -0.2) is 4.98 Å². The zero-order valence-corrected chi connectivity index (χ0v) is 11.3. The number of para-hydroxylation sites is 1. The molecule has 0 saturated carbocycles. The van der Waals surface area contributed by atoms with E-state index in [0.717, 1.165) is 11.3 Å². The van der Waals surface area contributed by atoms with Crippen molar-refractivity contribution in [2.75, 3.05) is 12.3 Å². The molecule has 1 fully saturated rings. The Hall–Kier alpha value is -0.580. The van der Waals surface area contributed by atoms with Crippen molar-refractivity contribution in [3.63, 3.8) is 0 Å². The Kier molecular flexibility index (Phi) is 3.64. The lowest BCUT2D eigenvalue weighted by molar-refractivity contribution is 0.430. The monoisotopic (exact) mass is 264 g/mol. The Bertz CT molecular complexity index is 456. The zero-order chi connectivity index (χ0) is 11.5. The van der Waals surface area contributed by atoms with Crippen LogP contribution in [0.1, 0.15) is 19.3 Å². The number of thioether (sulfide) groups is 1. The molecule has 1 aromatic heterocycles. The van der Waals surface area contributed by atoms with E-state index in [1.165, 1.54) is 34.8 Å². The second-order valence-corrected chi connectivity index (χ2v) is 6.70. The molecule has 1 aliphatic rings. The van der Waals surface area contributed by atoms with Crippen molar-refractivity contribution in [2.45, 2.75) is 29.6 Å². The number of aromatic nitrogens is 1. The molecule has 17 heavy (non-hydrogen) atoms. The number of benzene rings is 1. The molecule has 1 atom stereocenters. The van der Waals surface area contributed by atoms with E-state index in [1.807, 2.05) is 23.1 Å². The maximum absolute atomic E-state index is 4.65. The lowest BCUT2D eigenvalue weighted by atomic mass is 10.1. The third kappa shape index (κ3) is 2.81. The Morgan fingerprint density at radius 1 is 1.35 bits per heavy atom. The van der Waals surface area contributed by atoms with Gasteiger partial charge in [0.15, 0.2) is 4.34 Å². The molecular weight excluding hydrogens is 248 g/mol. The first-order valence-electron chi connectivity index (χ1n) is 6.13. The molecule has 2 nitrogen and oxygen atoms in total. The lowest BCUT2D eigenvalue weighted by Crippen LogP contribution is -2.35. The van der Waals surface area contributed by atoms with E-state index in [9.17, 15) is 0 Å². The number of rotatable bonds is 3. The van der Waals surface area contributed by atoms with E-state index in [4.69, 9.17) is 0 Å². The second-order valence-electron chi connectivity index (χ2n) is 4.41. The fourth-order valence-corrected chi connectivity index (χ4v) is 4.35. The zero-order valence-electron chi connectivity index (χ0n) is 9.69. The third-order valence-electron chi connectivity index (χ3n) is 3.09. The molecule has 90 valence electrons. The highest BCUT2D eigenvalue weighted by Crippen LogP contribution is 2.30. The van der Waals surface area contributed by atoms with Crippen LogP contribution in [0.25, 0.3) is 10.2 Å². The van der Waals surface area contributed by atoms with Crippen molar-refractivity contribution >= 4 is 33.3 Å². The van der Waals surface area contributed by atoms with Crippen molar-refractivity contribution in [3.8, 4) is 0 Å². The van der Waals surface area contributed by atoms with Crippen LogP contribution < -0.4 is 5.32 Å². The highest BCUT2D eigenvalue weighted by Gasteiger charge is 2.13. The quantitative estimate of drug-likeness (QED) is 0.858. The summed E-state index contributed by atoms with van der Waals surface area (Å²) >= 11 is 3.71. The van der Waals surface area contributed by atoms with Crippen LogP contribution in [0.3, 0.4) is 0 Å². The molecule has 0 radical (unpaired) electrons. The summed E-state index contributed by atoms with van der Waals surface area (Å²) in [4.78, 5) is 4.65. The molecule has 1 aliphatic heterocycles. The number of fused-ring (bicyclic) bond motifs is 1. The molecule has 0 aliphatic carbocycles. The van der Waals surface area contributed by atoms with Gasteiger partial charge in [-0.05, 0) is 31.5 Å². The fraction of sp³-hybridized carbons (Fsp3) is 0.462. The van der Waals surface area contributed by atoms with Gasteiger partial charge in [0.1, 0.15) is 0 Å². The first kappa shape index (κ1) is 11.5. The minimum absolute atomic E-state index is 0.681. The molecule has 3 rings (SSSR count). The molecule has 1 N–H and O–H groups in total. The van der Waals surface area contributed by atoms with Crippen molar-refractivity contribution in [3.05, 3.63) is 24.3 Å². The number of hydrogen-bond donors (Lipinski definition) is 1. The maximum atomic E-state index is 4.65. The van der Waals surface area contributed by atoms with Gasteiger partial charge in [0, 0.05) is 11.8 Å². The molecule has 1 saturated heterocycles. The molecule has 1 unspecified atom stereocenters. The van der Waals surface area contributed by atoms with Crippen LogP contribution in [0.15, 0.2) is 28.6 Å². The van der Waals surface area contributed by atoms with E-state index in [0.29, 0.717) is 6.04 Å². The van der Waals surface area contributed by atoms with Crippen LogP contribution in [0, 0.1) is 0 Å². The van der Waals surface area contributed by atoms with Crippen molar-refractivity contribution < 1.29 is 0 Å². The summed E-state index contributed by atoms with van der Waals surface area (Å²) < 4.78 is 2.50. The average molecular weight is 264 g/mol. The van der Waals surface area contributed by atoms with E-state index in [2.05, 4.69) is 34.6 Å². The van der Waals surface area contributed by atoms with Gasteiger partial charge < -0.3 is 5.32 Å². The van der Waals surface area contributed by atoms with Crippen molar-refractivity contribution in [2.24, 2.45) is 0 Å². The smallest absolute Gasteiger partial charge is 0.151 e. The van der Waals surface area contributed by atoms with Crippen LogP contribution in [-0.2, 0) is 0 Å². The number of nitrogens with zero attached hydrogens (tertiary/aromatic N) is 1. The van der Waals surface area contributed by atoms with Crippen LogP contribution in [0.2, 0.25) is 0 Å². The van der Waals surface area contributed by atoms with Gasteiger partial charge >= 0.3 is 0 Å². The molecule has 2 aromatic rings. The van der Waals surface area contributed by atoms with Gasteiger partial charge in [-0.1, -0.05) is 30.3 Å². The van der Waals surface area contributed by atoms with Gasteiger partial charge in [-0.15, -0.1) is 11.3 Å². The predicted molar refractivity (Wildman–Crippen MR) is 76.0 cm³/mol. The van der Waals surface area contributed by atoms with E-state index in [-0.39, 0.29) is 0 Å². The van der Waals surface area contributed by atoms with Crippen molar-refractivity contribution in [1.29, 1.82) is 0 Å². The van der Waals surface area contributed by atoms with Crippen LogP contribution in [-0.4, -0.2) is 23.3 Å². The normalized spacial score (nSPS) is 20.8. The van der Waals surface area contributed by atoms with Gasteiger partial charge in [0.05, 0.1) is 10.2 Å². The number of hydrogen-bond acceptors (Lipinski definition) is 4. The number of nitrogens with one attached hydrogen (secondary N) is 1. The summed E-state index contributed by atoms with van der Waals surface area (Å²) in [7, 11) is 0. The van der Waals surface area contributed by atoms with E-state index >= 15 is 0 Å². The summed E-state index contributed by atoms with van der Waals surface area (Å²) in [5, 5.41) is 3.58. The molecule has 0 amide bonds. The highest BCUT2D eigenvalue weighted by molar-refractivity contribution is 8.01. The molecule has 2 heterocycles. The number of thiazole rings is 1. The summed E-state index contributed by atoms with van der Waals surface area (Å²) in [6, 6.07) is 9.06. The largest absolute Gasteiger partial charge is 0.313 e. The average Bonchev–Trinajstić information content (AvgIpc) is 2.80. The third-order valence-corrected chi connectivity index (χ3v) is 5.44. The lowest BCUT2D eigenvalue weighted by Gasteiger charge is -2.22. The molecule has 0 bridgehead atoms. The summed E-state index contributed by atoms with van der Waals surface area (Å²) in [6.45, 7) is 1.19. The fourth-order valence-electron chi connectivity index (χ4n) is 2.15. The van der Waals surface area contributed by atoms with Crippen LogP contribution in [0.5, 0.6) is 0 Å². The minimum Gasteiger partial charge on any atom is -0.313 e. The summed E-state index contributed by atoms with van der Waals surface area (Å²) in [6.07, 6.45) is 4.03.